The average molecular weight is 304 g/mol. The number of rotatable bonds is 3. The summed E-state index contributed by atoms with van der Waals surface area (Å²) in [4.78, 5) is 0. The number of nitrogens with one attached hydrogen (secondary N) is 1. The van der Waals surface area contributed by atoms with Crippen molar-refractivity contribution in [1.82, 2.24) is 0 Å². The Labute approximate surface area is 109 Å². The van der Waals surface area contributed by atoms with E-state index >= 15 is 0 Å². The van der Waals surface area contributed by atoms with Gasteiger partial charge in [0.1, 0.15) is 11.6 Å². The molecule has 94 valence electrons. The molecule has 1 fully saturated rings. The Balaban J connectivity index is 1.99. The third-order valence-electron chi connectivity index (χ3n) is 3.49. The van der Waals surface area contributed by atoms with Gasteiger partial charge in [-0.3, -0.25) is 0 Å². The van der Waals surface area contributed by atoms with Crippen molar-refractivity contribution in [3.8, 4) is 0 Å². The molecule has 0 aromatic heterocycles. The van der Waals surface area contributed by atoms with Crippen molar-refractivity contribution in [1.29, 1.82) is 0 Å². The first-order valence-corrected chi connectivity index (χ1v) is 6.67. The maximum Gasteiger partial charge on any atom is 0.149 e. The molecule has 1 aliphatic carbocycles. The van der Waals surface area contributed by atoms with E-state index in [1.54, 1.807) is 0 Å². The van der Waals surface area contributed by atoms with E-state index < -0.39 is 11.6 Å². The molecule has 1 aliphatic rings. The lowest BCUT2D eigenvalue weighted by atomic mass is 9.73. The number of hydrogen-bond acceptors (Lipinski definition) is 1. The third-order valence-corrected chi connectivity index (χ3v) is 4.09. The highest BCUT2D eigenvalue weighted by molar-refractivity contribution is 9.10. The molecule has 1 nitrogen and oxygen atoms in total. The van der Waals surface area contributed by atoms with Crippen LogP contribution in [0, 0.1) is 23.5 Å². The van der Waals surface area contributed by atoms with E-state index in [1.807, 2.05) is 0 Å². The van der Waals surface area contributed by atoms with Gasteiger partial charge in [-0.15, -0.1) is 0 Å². The van der Waals surface area contributed by atoms with Crippen LogP contribution in [-0.4, -0.2) is 6.04 Å². The summed E-state index contributed by atoms with van der Waals surface area (Å²) < 4.78 is 26.8. The van der Waals surface area contributed by atoms with Crippen LogP contribution in [0.3, 0.4) is 0 Å². The molecule has 0 aliphatic heterocycles. The van der Waals surface area contributed by atoms with Crippen molar-refractivity contribution < 1.29 is 8.78 Å². The van der Waals surface area contributed by atoms with Gasteiger partial charge in [0.25, 0.3) is 0 Å². The van der Waals surface area contributed by atoms with Gasteiger partial charge in [0, 0.05) is 12.1 Å². The number of anilines is 1. The van der Waals surface area contributed by atoms with Crippen molar-refractivity contribution in [2.24, 2.45) is 11.8 Å². The van der Waals surface area contributed by atoms with Crippen molar-refractivity contribution in [2.75, 3.05) is 5.32 Å². The van der Waals surface area contributed by atoms with E-state index in [1.165, 1.54) is 6.07 Å². The number of halogens is 3. The molecule has 0 radical (unpaired) electrons. The van der Waals surface area contributed by atoms with Crippen LogP contribution in [0.2, 0.25) is 0 Å². The van der Waals surface area contributed by atoms with Crippen molar-refractivity contribution in [2.45, 2.75) is 32.7 Å². The molecule has 0 bridgehead atoms. The van der Waals surface area contributed by atoms with Crippen LogP contribution in [-0.2, 0) is 0 Å². The largest absolute Gasteiger partial charge is 0.380 e. The molecule has 1 aromatic rings. The molecule has 4 heteroatoms. The summed E-state index contributed by atoms with van der Waals surface area (Å²) in [6.07, 6.45) is 2.12. The van der Waals surface area contributed by atoms with E-state index in [-0.39, 0.29) is 0 Å². The minimum absolute atomic E-state index is 0.293. The zero-order chi connectivity index (χ0) is 12.6. The lowest BCUT2D eigenvalue weighted by Crippen LogP contribution is -2.38. The molecule has 2 rings (SSSR count). The predicted octanol–water partition coefficient (Wildman–Crippen LogP) is 4.57. The van der Waals surface area contributed by atoms with E-state index in [0.717, 1.165) is 24.8 Å². The summed E-state index contributed by atoms with van der Waals surface area (Å²) in [5.41, 5.74) is 0.380. The minimum atomic E-state index is -0.568. The predicted molar refractivity (Wildman–Crippen MR) is 69.0 cm³/mol. The van der Waals surface area contributed by atoms with Crippen LogP contribution in [0.4, 0.5) is 14.5 Å². The highest BCUT2D eigenvalue weighted by atomic mass is 79.9. The van der Waals surface area contributed by atoms with Crippen LogP contribution >= 0.6 is 15.9 Å². The third kappa shape index (κ3) is 2.79. The first-order valence-electron chi connectivity index (χ1n) is 5.88. The summed E-state index contributed by atoms with van der Waals surface area (Å²) in [6.45, 7) is 4.41. The summed E-state index contributed by atoms with van der Waals surface area (Å²) in [5.74, 6) is 0.303. The molecule has 1 N–H and O–H groups in total. The minimum Gasteiger partial charge on any atom is -0.380 e. The first kappa shape index (κ1) is 12.8. The molecular weight excluding hydrogens is 288 g/mol. The Hall–Kier alpha value is -0.640. The van der Waals surface area contributed by atoms with Gasteiger partial charge < -0.3 is 5.32 Å². The Morgan fingerprint density at radius 1 is 1.24 bits per heavy atom. The van der Waals surface area contributed by atoms with Gasteiger partial charge in [-0.05, 0) is 46.7 Å². The van der Waals surface area contributed by atoms with Crippen LogP contribution < -0.4 is 5.32 Å². The number of benzene rings is 1. The van der Waals surface area contributed by atoms with Gasteiger partial charge >= 0.3 is 0 Å². The molecule has 0 atom stereocenters. The molecule has 0 saturated heterocycles. The smallest absolute Gasteiger partial charge is 0.149 e. The van der Waals surface area contributed by atoms with Gasteiger partial charge in [0.15, 0.2) is 0 Å². The van der Waals surface area contributed by atoms with Crippen molar-refractivity contribution >= 4 is 21.6 Å². The Morgan fingerprint density at radius 3 is 2.47 bits per heavy atom. The van der Waals surface area contributed by atoms with Crippen molar-refractivity contribution in [3.63, 3.8) is 0 Å². The summed E-state index contributed by atoms with van der Waals surface area (Å²) in [7, 11) is 0. The topological polar surface area (TPSA) is 12.0 Å². The van der Waals surface area contributed by atoms with Gasteiger partial charge in [0.05, 0.1) is 10.2 Å². The highest BCUT2D eigenvalue weighted by Gasteiger charge is 2.31. The molecule has 1 aromatic carbocycles. The maximum absolute atomic E-state index is 13.5. The quantitative estimate of drug-likeness (QED) is 0.806. The fourth-order valence-electron chi connectivity index (χ4n) is 2.18. The van der Waals surface area contributed by atoms with Crippen LogP contribution in [0.5, 0.6) is 0 Å². The standard InChI is InChI=1S/C13H16BrF2N/c1-7(2)8-3-9(4-8)17-13-5-10(14)11(15)6-12(13)16/h5-9,17H,3-4H2,1-2H3. The van der Waals surface area contributed by atoms with Gasteiger partial charge in [0.2, 0.25) is 0 Å². The summed E-state index contributed by atoms with van der Waals surface area (Å²) in [6, 6.07) is 2.69. The molecule has 1 saturated carbocycles. The number of hydrogen-bond donors (Lipinski definition) is 1. The van der Waals surface area contributed by atoms with Crippen LogP contribution in [0.15, 0.2) is 16.6 Å². The van der Waals surface area contributed by atoms with Crippen molar-refractivity contribution in [3.05, 3.63) is 28.2 Å². The SMILES string of the molecule is CC(C)C1CC(Nc2cc(Br)c(F)cc2F)C1. The second-order valence-electron chi connectivity index (χ2n) is 5.06. The van der Waals surface area contributed by atoms with E-state index in [2.05, 4.69) is 35.1 Å². The van der Waals surface area contributed by atoms with Crippen LogP contribution in [0.25, 0.3) is 0 Å². The molecule has 0 heterocycles. The van der Waals surface area contributed by atoms with Gasteiger partial charge in [-0.2, -0.15) is 0 Å². The normalized spacial score (nSPS) is 23.6. The average Bonchev–Trinajstić information content (AvgIpc) is 2.17. The molecule has 0 amide bonds. The fraction of sp³-hybridized carbons (Fsp3) is 0.538. The van der Waals surface area contributed by atoms with Gasteiger partial charge in [-0.25, -0.2) is 8.78 Å². The maximum atomic E-state index is 13.5. The zero-order valence-corrected chi connectivity index (χ0v) is 11.5. The van der Waals surface area contributed by atoms with E-state index in [0.29, 0.717) is 22.1 Å². The molecule has 0 spiro atoms. The lowest BCUT2D eigenvalue weighted by Gasteiger charge is -2.39. The highest BCUT2D eigenvalue weighted by Crippen LogP contribution is 2.36. The van der Waals surface area contributed by atoms with Gasteiger partial charge in [-0.1, -0.05) is 13.8 Å². The van der Waals surface area contributed by atoms with E-state index in [4.69, 9.17) is 0 Å². The lowest BCUT2D eigenvalue weighted by molar-refractivity contribution is 0.211. The summed E-state index contributed by atoms with van der Waals surface area (Å²) in [5, 5.41) is 3.13. The van der Waals surface area contributed by atoms with E-state index in [9.17, 15) is 8.78 Å². The Bertz CT molecular complexity index is 414. The fourth-order valence-corrected chi connectivity index (χ4v) is 2.52. The molecule has 17 heavy (non-hydrogen) atoms. The molecular formula is C13H16BrF2N. The summed E-state index contributed by atoms with van der Waals surface area (Å²) >= 11 is 3.06. The second-order valence-corrected chi connectivity index (χ2v) is 5.92. The Morgan fingerprint density at radius 2 is 1.88 bits per heavy atom. The zero-order valence-electron chi connectivity index (χ0n) is 9.93. The van der Waals surface area contributed by atoms with Crippen LogP contribution in [0.1, 0.15) is 26.7 Å². The molecule has 0 unspecified atom stereocenters. The monoisotopic (exact) mass is 303 g/mol. The second kappa shape index (κ2) is 4.92. The Kier molecular flexibility index (Phi) is 3.71. The first-order chi connectivity index (χ1) is 7.97.